The van der Waals surface area contributed by atoms with Crippen molar-refractivity contribution < 1.29 is 24.2 Å². The highest BCUT2D eigenvalue weighted by atomic mass is 32.2. The maximum absolute atomic E-state index is 15.6. The van der Waals surface area contributed by atoms with Gasteiger partial charge in [-0.2, -0.15) is 0 Å². The lowest BCUT2D eigenvalue weighted by molar-refractivity contribution is 0.0903. The number of likely N-dealkylation sites (tertiary alicyclic amines) is 1. The number of anilines is 2. The van der Waals surface area contributed by atoms with Crippen molar-refractivity contribution in [3.05, 3.63) is 89.8 Å². The molecular weight excluding hydrogens is 618 g/mol. The van der Waals surface area contributed by atoms with Crippen LogP contribution in [-0.2, 0) is 12.0 Å². The number of aromatic nitrogens is 3. The van der Waals surface area contributed by atoms with Gasteiger partial charge in [0, 0.05) is 37.9 Å². The predicted octanol–water partition coefficient (Wildman–Crippen LogP) is 4.83. The van der Waals surface area contributed by atoms with Gasteiger partial charge in [0.25, 0.3) is 5.91 Å². The van der Waals surface area contributed by atoms with E-state index in [2.05, 4.69) is 42.6 Å². The van der Waals surface area contributed by atoms with E-state index in [9.17, 15) is 14.7 Å². The molecule has 0 unspecified atom stereocenters. The van der Waals surface area contributed by atoms with E-state index in [1.54, 1.807) is 24.5 Å². The van der Waals surface area contributed by atoms with Crippen LogP contribution < -0.4 is 10.6 Å². The summed E-state index contributed by atoms with van der Waals surface area (Å²) in [6.45, 7) is 2.87. The Morgan fingerprint density at radius 2 is 1.87 bits per heavy atom. The lowest BCUT2D eigenvalue weighted by atomic mass is 9.72. The van der Waals surface area contributed by atoms with Crippen LogP contribution in [-0.4, -0.2) is 86.8 Å². The van der Waals surface area contributed by atoms with Gasteiger partial charge in [0.2, 0.25) is 0 Å². The molecule has 0 bridgehead atoms. The van der Waals surface area contributed by atoms with Gasteiger partial charge in [0.15, 0.2) is 16.6 Å². The average molecular weight is 652 g/mol. The molecule has 1 aliphatic heterocycles. The standard InChI is InChI=1S/C31H34FN7O4S2/c1-38(30(42)43)19-21-7-8-24(34-17-21)37-29-35-18-25(45-29)44-23-9-12-33-27(26(23)32)28(41)36-20-31(22-5-3-2-4-6-22)10-13-39(14-11-31)15-16-40/h2-9,12,17-18,40H,10-11,13-16,19-20H2,1H3,(H,36,41)(H,42,43)(H,34,35,37). The van der Waals surface area contributed by atoms with E-state index >= 15 is 4.39 Å². The molecule has 0 saturated carbocycles. The number of carbonyl (C=O) groups excluding carboxylic acids is 1. The molecular formula is C31H34FN7O4S2. The summed E-state index contributed by atoms with van der Waals surface area (Å²) in [7, 11) is 1.48. The monoisotopic (exact) mass is 651 g/mol. The predicted molar refractivity (Wildman–Crippen MR) is 171 cm³/mol. The molecule has 0 radical (unpaired) electrons. The Bertz CT molecular complexity index is 1600. The van der Waals surface area contributed by atoms with Crippen molar-refractivity contribution in [1.29, 1.82) is 0 Å². The summed E-state index contributed by atoms with van der Waals surface area (Å²) in [6, 6.07) is 15.1. The first-order valence-corrected chi connectivity index (χ1v) is 16.0. The fraction of sp³-hybridized carbons (Fsp3) is 0.323. The van der Waals surface area contributed by atoms with E-state index in [0.717, 1.165) is 53.7 Å². The number of nitrogens with zero attached hydrogens (tertiary/aromatic N) is 5. The number of amides is 2. The number of carbonyl (C=O) groups is 2. The molecule has 1 saturated heterocycles. The van der Waals surface area contributed by atoms with Crippen LogP contribution in [0.1, 0.15) is 34.5 Å². The number of halogens is 1. The lowest BCUT2D eigenvalue weighted by Crippen LogP contribution is -2.49. The van der Waals surface area contributed by atoms with Gasteiger partial charge in [-0.25, -0.2) is 24.1 Å². The Morgan fingerprint density at radius 3 is 2.56 bits per heavy atom. The molecule has 0 spiro atoms. The smallest absolute Gasteiger partial charge is 0.407 e. The Labute approximate surface area is 268 Å². The number of hydrogen-bond acceptors (Lipinski definition) is 10. The van der Waals surface area contributed by atoms with Gasteiger partial charge in [-0.05, 0) is 49.2 Å². The molecule has 1 aromatic carbocycles. The minimum Gasteiger partial charge on any atom is -0.465 e. The molecule has 4 heterocycles. The van der Waals surface area contributed by atoms with Gasteiger partial charge in [0.1, 0.15) is 5.82 Å². The van der Waals surface area contributed by atoms with Crippen LogP contribution in [0.15, 0.2) is 76.2 Å². The first kappa shape index (κ1) is 32.3. The molecule has 11 nitrogen and oxygen atoms in total. The van der Waals surface area contributed by atoms with Gasteiger partial charge in [-0.1, -0.05) is 59.5 Å². The van der Waals surface area contributed by atoms with E-state index in [-0.39, 0.29) is 29.2 Å². The van der Waals surface area contributed by atoms with Crippen molar-refractivity contribution in [3.63, 3.8) is 0 Å². The first-order valence-electron chi connectivity index (χ1n) is 14.4. The second-order valence-electron chi connectivity index (χ2n) is 10.8. The lowest BCUT2D eigenvalue weighted by Gasteiger charge is -2.42. The number of β-amino-alcohol motifs (C(OH)–C–C–N with tert-alkyl or cyclic N) is 1. The first-order chi connectivity index (χ1) is 21.8. The van der Waals surface area contributed by atoms with Crippen LogP contribution in [0.3, 0.4) is 0 Å². The van der Waals surface area contributed by atoms with Crippen molar-refractivity contribution in [2.24, 2.45) is 0 Å². The summed E-state index contributed by atoms with van der Waals surface area (Å²) in [4.78, 5) is 40.6. The molecule has 4 N–H and O–H groups in total. The Kier molecular flexibility index (Phi) is 10.6. The molecule has 236 valence electrons. The summed E-state index contributed by atoms with van der Waals surface area (Å²) in [6.07, 6.45) is 5.20. The number of benzene rings is 1. The number of hydrogen-bond donors (Lipinski definition) is 4. The van der Waals surface area contributed by atoms with Gasteiger partial charge < -0.3 is 30.6 Å². The second kappa shape index (κ2) is 14.8. The second-order valence-corrected chi connectivity index (χ2v) is 13.1. The van der Waals surface area contributed by atoms with Gasteiger partial charge in [-0.3, -0.25) is 4.79 Å². The molecule has 1 fully saturated rings. The maximum atomic E-state index is 15.6. The highest BCUT2D eigenvalue weighted by molar-refractivity contribution is 8.01. The third kappa shape index (κ3) is 8.14. The van der Waals surface area contributed by atoms with Crippen molar-refractivity contribution >= 4 is 46.0 Å². The van der Waals surface area contributed by atoms with Crippen molar-refractivity contribution in [1.82, 2.24) is 30.1 Å². The van der Waals surface area contributed by atoms with Gasteiger partial charge in [0.05, 0.1) is 28.5 Å². The van der Waals surface area contributed by atoms with Crippen molar-refractivity contribution in [2.75, 3.05) is 45.2 Å². The number of thiazole rings is 1. The minimum atomic E-state index is -1.02. The molecule has 2 amide bonds. The molecule has 0 aliphatic carbocycles. The fourth-order valence-electron chi connectivity index (χ4n) is 5.22. The molecule has 0 atom stereocenters. The van der Waals surface area contributed by atoms with Crippen LogP contribution in [0.25, 0.3) is 0 Å². The van der Waals surface area contributed by atoms with Crippen LogP contribution in [0, 0.1) is 5.82 Å². The van der Waals surface area contributed by atoms with Crippen LogP contribution in [0.5, 0.6) is 0 Å². The van der Waals surface area contributed by atoms with Crippen molar-refractivity contribution in [2.45, 2.75) is 33.9 Å². The molecule has 5 rings (SSSR count). The largest absolute Gasteiger partial charge is 0.465 e. The number of piperidine rings is 1. The quantitative estimate of drug-likeness (QED) is 0.168. The molecule has 1 aliphatic rings. The zero-order valence-electron chi connectivity index (χ0n) is 24.6. The number of carboxylic acid groups (broad SMARTS) is 1. The summed E-state index contributed by atoms with van der Waals surface area (Å²) < 4.78 is 16.3. The zero-order valence-corrected chi connectivity index (χ0v) is 26.3. The fourth-order valence-corrected chi connectivity index (χ4v) is 7.08. The maximum Gasteiger partial charge on any atom is 0.407 e. The minimum absolute atomic E-state index is 0.106. The Balaban J connectivity index is 1.22. The van der Waals surface area contributed by atoms with Gasteiger partial charge in [-0.15, -0.1) is 0 Å². The molecule has 3 aromatic heterocycles. The Hall–Kier alpha value is -4.11. The van der Waals surface area contributed by atoms with Crippen LogP contribution >= 0.6 is 23.1 Å². The summed E-state index contributed by atoms with van der Waals surface area (Å²) in [5, 5.41) is 25.0. The number of nitrogens with one attached hydrogen (secondary N) is 2. The SMILES string of the molecule is CN(Cc1ccc(Nc2ncc(Sc3ccnc(C(=O)NCC4(c5ccccc5)CCN(CCO)CC4)c3F)s2)nc1)C(=O)O. The molecule has 14 heteroatoms. The van der Waals surface area contributed by atoms with Crippen LogP contribution in [0.2, 0.25) is 0 Å². The third-order valence-electron chi connectivity index (χ3n) is 7.77. The Morgan fingerprint density at radius 1 is 1.09 bits per heavy atom. The number of pyridine rings is 2. The summed E-state index contributed by atoms with van der Waals surface area (Å²) >= 11 is 2.45. The zero-order chi connectivity index (χ0) is 31.8. The summed E-state index contributed by atoms with van der Waals surface area (Å²) in [5.41, 5.74) is 1.30. The van der Waals surface area contributed by atoms with E-state index in [4.69, 9.17) is 5.11 Å². The highest BCUT2D eigenvalue weighted by Crippen LogP contribution is 2.37. The number of aliphatic hydroxyl groups is 1. The number of aliphatic hydroxyl groups excluding tert-OH is 1. The third-order valence-corrected chi connectivity index (χ3v) is 9.82. The van der Waals surface area contributed by atoms with E-state index in [1.165, 1.54) is 30.6 Å². The summed E-state index contributed by atoms with van der Waals surface area (Å²) in [5.74, 6) is -0.735. The van der Waals surface area contributed by atoms with Crippen LogP contribution in [0.4, 0.5) is 20.1 Å². The van der Waals surface area contributed by atoms with E-state index in [0.29, 0.717) is 28.2 Å². The topological polar surface area (TPSA) is 144 Å². The number of rotatable bonds is 12. The molecule has 4 aromatic rings. The average Bonchev–Trinajstić information content (AvgIpc) is 3.49. The van der Waals surface area contributed by atoms with E-state index < -0.39 is 17.8 Å². The van der Waals surface area contributed by atoms with Gasteiger partial charge >= 0.3 is 6.09 Å². The normalized spacial score (nSPS) is 14.6. The highest BCUT2D eigenvalue weighted by Gasteiger charge is 2.36. The van der Waals surface area contributed by atoms with E-state index in [1.807, 2.05) is 18.2 Å². The molecule has 45 heavy (non-hydrogen) atoms. The van der Waals surface area contributed by atoms with Crippen molar-refractivity contribution in [3.8, 4) is 0 Å².